The second-order valence-electron chi connectivity index (χ2n) is 3.60. The van der Waals surface area contributed by atoms with Crippen LogP contribution in [-0.2, 0) is 0 Å². The number of methoxy groups -OCH3 is 2. The van der Waals surface area contributed by atoms with Crippen molar-refractivity contribution in [1.29, 1.82) is 0 Å². The fourth-order valence-electron chi connectivity index (χ4n) is 1.71. The molecule has 0 saturated carbocycles. The summed E-state index contributed by atoms with van der Waals surface area (Å²) in [6.45, 7) is 0. The lowest BCUT2D eigenvalue weighted by atomic mass is 10.1. The largest absolute Gasteiger partial charge is 0.496 e. The Labute approximate surface area is 124 Å². The van der Waals surface area contributed by atoms with E-state index in [1.165, 1.54) is 0 Å². The highest BCUT2D eigenvalue weighted by atomic mass is 79.9. The summed E-state index contributed by atoms with van der Waals surface area (Å²) in [5.41, 5.74) is 0.925. The van der Waals surface area contributed by atoms with Gasteiger partial charge in [-0.3, -0.25) is 0 Å². The first-order valence-corrected chi connectivity index (χ1v) is 7.37. The Morgan fingerprint density at radius 1 is 1.17 bits per heavy atom. The first-order valence-electron chi connectivity index (χ1n) is 5.26. The zero-order chi connectivity index (χ0) is 13.1. The van der Waals surface area contributed by atoms with Gasteiger partial charge >= 0.3 is 0 Å². The molecule has 2 nitrogen and oxygen atoms in total. The van der Waals surface area contributed by atoms with Crippen molar-refractivity contribution < 1.29 is 9.47 Å². The van der Waals surface area contributed by atoms with E-state index in [0.29, 0.717) is 0 Å². The summed E-state index contributed by atoms with van der Waals surface area (Å²) in [4.78, 5) is 0.982. The molecule has 0 radical (unpaired) electrons. The number of hydrogen-bond donors (Lipinski definition) is 0. The summed E-state index contributed by atoms with van der Waals surface area (Å²) in [6, 6.07) is 7.71. The van der Waals surface area contributed by atoms with Gasteiger partial charge in [0, 0.05) is 10.0 Å². The Morgan fingerprint density at radius 2 is 1.89 bits per heavy atom. The minimum absolute atomic E-state index is 0.285. The smallest absolute Gasteiger partial charge is 0.134 e. The molecule has 2 aromatic rings. The molecule has 0 spiro atoms. The summed E-state index contributed by atoms with van der Waals surface area (Å²) in [6.07, 6.45) is 0. The molecule has 0 amide bonds. The van der Waals surface area contributed by atoms with Gasteiger partial charge in [-0.15, -0.1) is 22.9 Å². The molecule has 0 fully saturated rings. The molecule has 96 valence electrons. The van der Waals surface area contributed by atoms with Crippen LogP contribution in [0.15, 0.2) is 34.1 Å². The quantitative estimate of drug-likeness (QED) is 0.736. The first kappa shape index (κ1) is 13.7. The van der Waals surface area contributed by atoms with Gasteiger partial charge in [-0.1, -0.05) is 15.9 Å². The molecule has 1 unspecified atom stereocenters. The van der Waals surface area contributed by atoms with Gasteiger partial charge in [-0.2, -0.15) is 0 Å². The topological polar surface area (TPSA) is 18.5 Å². The highest BCUT2D eigenvalue weighted by Gasteiger charge is 2.21. The summed E-state index contributed by atoms with van der Waals surface area (Å²) < 4.78 is 11.6. The number of alkyl halides is 1. The van der Waals surface area contributed by atoms with Crippen molar-refractivity contribution in [1.82, 2.24) is 0 Å². The molecular weight excluding hydrogens is 336 g/mol. The van der Waals surface area contributed by atoms with E-state index in [2.05, 4.69) is 15.9 Å². The van der Waals surface area contributed by atoms with Crippen LogP contribution in [0.1, 0.15) is 15.8 Å². The van der Waals surface area contributed by atoms with Crippen LogP contribution < -0.4 is 9.47 Å². The lowest BCUT2D eigenvalue weighted by molar-refractivity contribution is 0.406. The van der Waals surface area contributed by atoms with Crippen molar-refractivity contribution in [3.63, 3.8) is 0 Å². The van der Waals surface area contributed by atoms with E-state index in [4.69, 9.17) is 21.1 Å². The molecular formula is C13H12BrClO2S. The van der Waals surface area contributed by atoms with Gasteiger partial charge in [0.25, 0.3) is 0 Å². The molecule has 0 aliphatic carbocycles. The van der Waals surface area contributed by atoms with Crippen molar-refractivity contribution in [3.8, 4) is 11.5 Å². The Hall–Kier alpha value is -0.710. The highest BCUT2D eigenvalue weighted by molar-refractivity contribution is 9.10. The summed E-state index contributed by atoms with van der Waals surface area (Å²) in [5.74, 6) is 1.58. The van der Waals surface area contributed by atoms with Gasteiger partial charge in [-0.05, 0) is 29.6 Å². The minimum Gasteiger partial charge on any atom is -0.496 e. The molecule has 5 heteroatoms. The molecule has 18 heavy (non-hydrogen) atoms. The molecule has 0 aliphatic rings. The number of hydrogen-bond acceptors (Lipinski definition) is 3. The van der Waals surface area contributed by atoms with Crippen LogP contribution in [0, 0.1) is 0 Å². The maximum atomic E-state index is 6.54. The van der Waals surface area contributed by atoms with E-state index in [1.807, 2.05) is 29.6 Å². The zero-order valence-electron chi connectivity index (χ0n) is 9.94. The maximum absolute atomic E-state index is 6.54. The highest BCUT2D eigenvalue weighted by Crippen LogP contribution is 2.42. The van der Waals surface area contributed by atoms with Crippen LogP contribution in [0.2, 0.25) is 0 Å². The van der Waals surface area contributed by atoms with E-state index in [-0.39, 0.29) is 5.38 Å². The van der Waals surface area contributed by atoms with E-state index in [0.717, 1.165) is 26.4 Å². The normalized spacial score (nSPS) is 12.2. The second-order valence-corrected chi connectivity index (χ2v) is 5.90. The van der Waals surface area contributed by atoms with Crippen molar-refractivity contribution in [2.45, 2.75) is 5.38 Å². The average molecular weight is 348 g/mol. The van der Waals surface area contributed by atoms with E-state index >= 15 is 0 Å². The molecule has 2 rings (SSSR count). The van der Waals surface area contributed by atoms with Gasteiger partial charge < -0.3 is 9.47 Å². The van der Waals surface area contributed by atoms with Gasteiger partial charge in [0.15, 0.2) is 0 Å². The average Bonchev–Trinajstić information content (AvgIpc) is 2.86. The van der Waals surface area contributed by atoms with Gasteiger partial charge in [0.1, 0.15) is 16.9 Å². The van der Waals surface area contributed by atoms with E-state index in [1.54, 1.807) is 25.6 Å². The molecule has 0 aliphatic heterocycles. The third-order valence-corrected chi connectivity index (χ3v) is 4.61. The zero-order valence-corrected chi connectivity index (χ0v) is 13.1. The summed E-state index contributed by atoms with van der Waals surface area (Å²) in [5, 5.41) is 1.68. The second kappa shape index (κ2) is 5.95. The predicted octanol–water partition coefficient (Wildman–Crippen LogP) is 4.86. The van der Waals surface area contributed by atoms with Crippen molar-refractivity contribution in [3.05, 3.63) is 44.6 Å². The fraction of sp³-hybridized carbons (Fsp3) is 0.231. The van der Waals surface area contributed by atoms with Crippen LogP contribution in [0.3, 0.4) is 0 Å². The molecule has 0 N–H and O–H groups in total. The summed E-state index contributed by atoms with van der Waals surface area (Å²) >= 11 is 11.6. The molecule has 1 atom stereocenters. The Kier molecular flexibility index (Phi) is 4.54. The Morgan fingerprint density at radius 3 is 2.56 bits per heavy atom. The number of halogens is 2. The Bertz CT molecular complexity index is 542. The number of thiophene rings is 1. The number of benzene rings is 1. The molecule has 0 saturated heterocycles. The van der Waals surface area contributed by atoms with Crippen LogP contribution in [0.4, 0.5) is 0 Å². The van der Waals surface area contributed by atoms with Gasteiger partial charge in [0.2, 0.25) is 0 Å². The molecule has 1 aromatic carbocycles. The minimum atomic E-state index is -0.285. The number of ether oxygens (including phenoxy) is 2. The van der Waals surface area contributed by atoms with Crippen molar-refractivity contribution in [2.24, 2.45) is 0 Å². The van der Waals surface area contributed by atoms with E-state index < -0.39 is 0 Å². The fourth-order valence-corrected chi connectivity index (χ4v) is 3.37. The lowest BCUT2D eigenvalue weighted by Crippen LogP contribution is -1.97. The van der Waals surface area contributed by atoms with Crippen LogP contribution in [-0.4, -0.2) is 14.2 Å². The first-order chi connectivity index (χ1) is 8.67. The third kappa shape index (κ3) is 2.66. The predicted molar refractivity (Wildman–Crippen MR) is 79.3 cm³/mol. The molecule has 1 aromatic heterocycles. The Balaban J connectivity index is 2.45. The number of rotatable bonds is 4. The standard InChI is InChI=1S/C13H12BrClO2S/c1-16-10-4-3-8(14)7-9(10)12(15)13-11(17-2)5-6-18-13/h3-7,12H,1-2H3. The SMILES string of the molecule is COc1ccc(Br)cc1C(Cl)c1sccc1OC. The van der Waals surface area contributed by atoms with Crippen molar-refractivity contribution in [2.75, 3.05) is 14.2 Å². The van der Waals surface area contributed by atoms with Crippen LogP contribution in [0.25, 0.3) is 0 Å². The van der Waals surface area contributed by atoms with Crippen LogP contribution in [0.5, 0.6) is 11.5 Å². The lowest BCUT2D eigenvalue weighted by Gasteiger charge is -2.14. The van der Waals surface area contributed by atoms with Crippen molar-refractivity contribution >= 4 is 38.9 Å². The maximum Gasteiger partial charge on any atom is 0.134 e. The third-order valence-electron chi connectivity index (χ3n) is 2.57. The molecule has 1 heterocycles. The van der Waals surface area contributed by atoms with Gasteiger partial charge in [-0.25, -0.2) is 0 Å². The van der Waals surface area contributed by atoms with E-state index in [9.17, 15) is 0 Å². The van der Waals surface area contributed by atoms with Gasteiger partial charge in [0.05, 0.1) is 19.1 Å². The molecule has 0 bridgehead atoms. The van der Waals surface area contributed by atoms with Crippen LogP contribution >= 0.6 is 38.9 Å². The monoisotopic (exact) mass is 346 g/mol. The summed E-state index contributed by atoms with van der Waals surface area (Å²) in [7, 11) is 3.29.